The summed E-state index contributed by atoms with van der Waals surface area (Å²) in [4.78, 5) is 4.64. The number of rotatable bonds is 4. The topological polar surface area (TPSA) is 64.1 Å². The third kappa shape index (κ3) is 3.21. The molecule has 2 unspecified atom stereocenters. The summed E-state index contributed by atoms with van der Waals surface area (Å²) in [6.07, 6.45) is -0.515. The Labute approximate surface area is 144 Å². The molecule has 4 nitrogen and oxygen atoms in total. The smallest absolute Gasteiger partial charge is 0.131 e. The molecule has 0 aliphatic rings. The van der Waals surface area contributed by atoms with Crippen molar-refractivity contribution in [2.45, 2.75) is 25.6 Å². The van der Waals surface area contributed by atoms with Crippen LogP contribution in [0.5, 0.6) is 0 Å². The average molecular weight is 350 g/mol. The Morgan fingerprint density at radius 3 is 2.65 bits per heavy atom. The predicted molar refractivity (Wildman–Crippen MR) is 93.9 cm³/mol. The Bertz CT molecular complexity index is 845. The van der Waals surface area contributed by atoms with Crippen molar-refractivity contribution in [1.29, 1.82) is 0 Å². The minimum absolute atomic E-state index is 0.411. The molecule has 0 saturated carbocycles. The maximum Gasteiger partial charge on any atom is 0.131 e. The number of benzene rings is 2. The molecule has 0 radical (unpaired) electrons. The van der Waals surface area contributed by atoms with Gasteiger partial charge in [0.2, 0.25) is 0 Å². The predicted octanol–water partition coefficient (Wildman–Crippen LogP) is 3.77. The molecule has 0 amide bonds. The van der Waals surface area contributed by atoms with E-state index in [2.05, 4.69) is 4.98 Å². The van der Waals surface area contributed by atoms with Crippen molar-refractivity contribution in [3.05, 3.63) is 63.9 Å². The summed E-state index contributed by atoms with van der Waals surface area (Å²) in [5.41, 5.74) is 8.93. The second kappa shape index (κ2) is 6.49. The van der Waals surface area contributed by atoms with Gasteiger partial charge in [-0.2, -0.15) is 0 Å². The molecular weight excluding hydrogens is 333 g/mol. The molecule has 1 aromatic heterocycles. The summed E-state index contributed by atoms with van der Waals surface area (Å²) in [6, 6.07) is 12.5. The second-order valence-electron chi connectivity index (χ2n) is 5.56. The Hall–Kier alpha value is -1.59. The van der Waals surface area contributed by atoms with Crippen molar-refractivity contribution in [3.63, 3.8) is 0 Å². The Morgan fingerprint density at radius 2 is 1.96 bits per heavy atom. The van der Waals surface area contributed by atoms with E-state index in [1.165, 1.54) is 0 Å². The molecule has 3 aromatic rings. The van der Waals surface area contributed by atoms with Gasteiger partial charge in [0.15, 0.2) is 0 Å². The normalized spacial score (nSPS) is 14.1. The summed E-state index contributed by atoms with van der Waals surface area (Å²) >= 11 is 12.2. The zero-order valence-corrected chi connectivity index (χ0v) is 14.1. The molecule has 2 atom stereocenters. The molecule has 3 rings (SSSR count). The van der Waals surface area contributed by atoms with Crippen LogP contribution < -0.4 is 5.73 Å². The Kier molecular flexibility index (Phi) is 4.60. The van der Waals surface area contributed by atoms with Crippen LogP contribution in [0.15, 0.2) is 42.5 Å². The van der Waals surface area contributed by atoms with Crippen LogP contribution in [0.2, 0.25) is 10.0 Å². The van der Waals surface area contributed by atoms with Crippen LogP contribution in [0.3, 0.4) is 0 Å². The molecule has 23 heavy (non-hydrogen) atoms. The molecule has 0 aliphatic carbocycles. The minimum Gasteiger partial charge on any atom is -0.392 e. The lowest BCUT2D eigenvalue weighted by Crippen LogP contribution is -2.21. The molecule has 3 N–H and O–H groups in total. The van der Waals surface area contributed by atoms with Crippen molar-refractivity contribution in [3.8, 4) is 0 Å². The SMILES string of the molecule is CC(O)Cn1c(C(N)c2ccc(Cl)cc2Cl)nc2ccccc21. The van der Waals surface area contributed by atoms with E-state index in [-0.39, 0.29) is 0 Å². The molecule has 1 heterocycles. The number of fused-ring (bicyclic) bond motifs is 1. The number of halogens is 2. The van der Waals surface area contributed by atoms with Gasteiger partial charge in [-0.15, -0.1) is 0 Å². The molecule has 120 valence electrons. The monoisotopic (exact) mass is 349 g/mol. The summed E-state index contributed by atoms with van der Waals surface area (Å²) < 4.78 is 1.94. The van der Waals surface area contributed by atoms with E-state index in [4.69, 9.17) is 28.9 Å². The molecule has 0 spiro atoms. The second-order valence-corrected chi connectivity index (χ2v) is 6.41. The van der Waals surface area contributed by atoms with Crippen molar-refractivity contribution >= 4 is 34.2 Å². The van der Waals surface area contributed by atoms with E-state index in [0.717, 1.165) is 16.6 Å². The van der Waals surface area contributed by atoms with Gasteiger partial charge < -0.3 is 15.4 Å². The summed E-state index contributed by atoms with van der Waals surface area (Å²) in [7, 11) is 0. The van der Waals surface area contributed by atoms with Gasteiger partial charge in [0, 0.05) is 10.0 Å². The van der Waals surface area contributed by atoms with Gasteiger partial charge >= 0.3 is 0 Å². The zero-order valence-electron chi connectivity index (χ0n) is 12.6. The van der Waals surface area contributed by atoms with Crippen molar-refractivity contribution in [1.82, 2.24) is 9.55 Å². The fourth-order valence-corrected chi connectivity index (χ4v) is 3.21. The van der Waals surface area contributed by atoms with Crippen molar-refractivity contribution in [2.24, 2.45) is 5.73 Å². The van der Waals surface area contributed by atoms with Crippen LogP contribution in [0.4, 0.5) is 0 Å². The standard InChI is InChI=1S/C17H17Cl2N3O/c1-10(23)9-22-15-5-3-2-4-14(15)21-17(22)16(20)12-7-6-11(18)8-13(12)19/h2-8,10,16,23H,9,20H2,1H3. The molecule has 0 fully saturated rings. The first-order valence-corrected chi connectivity index (χ1v) is 8.06. The van der Waals surface area contributed by atoms with Crippen LogP contribution in [-0.2, 0) is 6.54 Å². The number of aromatic nitrogens is 2. The maximum atomic E-state index is 9.82. The highest BCUT2D eigenvalue weighted by molar-refractivity contribution is 6.35. The van der Waals surface area contributed by atoms with Gasteiger partial charge in [-0.3, -0.25) is 0 Å². The van der Waals surface area contributed by atoms with Crippen LogP contribution in [-0.4, -0.2) is 20.8 Å². The van der Waals surface area contributed by atoms with Crippen LogP contribution in [0.1, 0.15) is 24.4 Å². The molecule has 0 bridgehead atoms. The van der Waals surface area contributed by atoms with Crippen molar-refractivity contribution < 1.29 is 5.11 Å². The summed E-state index contributed by atoms with van der Waals surface area (Å²) in [5.74, 6) is 0.663. The highest BCUT2D eigenvalue weighted by atomic mass is 35.5. The van der Waals surface area contributed by atoms with Crippen LogP contribution in [0, 0.1) is 0 Å². The number of nitrogens with zero attached hydrogens (tertiary/aromatic N) is 2. The number of para-hydroxylation sites is 2. The van der Waals surface area contributed by atoms with E-state index >= 15 is 0 Å². The highest BCUT2D eigenvalue weighted by Gasteiger charge is 2.21. The van der Waals surface area contributed by atoms with Gasteiger partial charge in [0.1, 0.15) is 5.82 Å². The lowest BCUT2D eigenvalue weighted by Gasteiger charge is -2.17. The number of imidazole rings is 1. The average Bonchev–Trinajstić information content (AvgIpc) is 2.85. The molecular formula is C17H17Cl2N3O. The van der Waals surface area contributed by atoms with E-state index in [1.54, 1.807) is 25.1 Å². The quantitative estimate of drug-likeness (QED) is 0.753. The highest BCUT2D eigenvalue weighted by Crippen LogP contribution is 2.30. The van der Waals surface area contributed by atoms with Gasteiger partial charge in [-0.25, -0.2) is 4.98 Å². The Morgan fingerprint density at radius 1 is 1.22 bits per heavy atom. The maximum absolute atomic E-state index is 9.82. The first-order valence-electron chi connectivity index (χ1n) is 7.31. The largest absolute Gasteiger partial charge is 0.392 e. The number of hydrogen-bond acceptors (Lipinski definition) is 3. The fourth-order valence-electron chi connectivity index (χ4n) is 2.68. The Balaban J connectivity index is 2.14. The van der Waals surface area contributed by atoms with E-state index < -0.39 is 12.1 Å². The number of aliphatic hydroxyl groups excluding tert-OH is 1. The van der Waals surface area contributed by atoms with Crippen molar-refractivity contribution in [2.75, 3.05) is 0 Å². The van der Waals surface area contributed by atoms with Gasteiger partial charge in [-0.1, -0.05) is 41.4 Å². The number of hydrogen-bond donors (Lipinski definition) is 2. The number of aliphatic hydroxyl groups is 1. The van der Waals surface area contributed by atoms with E-state index in [9.17, 15) is 5.11 Å². The summed E-state index contributed by atoms with van der Waals surface area (Å²) in [6.45, 7) is 2.15. The first-order chi connectivity index (χ1) is 11.0. The zero-order chi connectivity index (χ0) is 16.6. The minimum atomic E-state index is -0.515. The summed E-state index contributed by atoms with van der Waals surface area (Å²) in [5, 5.41) is 10.9. The molecule has 0 saturated heterocycles. The number of nitrogens with two attached hydrogens (primary N) is 1. The molecule has 2 aromatic carbocycles. The third-order valence-corrected chi connectivity index (χ3v) is 4.27. The van der Waals surface area contributed by atoms with Gasteiger partial charge in [0.05, 0.1) is 29.7 Å². The van der Waals surface area contributed by atoms with Gasteiger partial charge in [-0.05, 0) is 36.8 Å². The van der Waals surface area contributed by atoms with E-state index in [0.29, 0.717) is 22.4 Å². The first kappa shape index (κ1) is 16.3. The van der Waals surface area contributed by atoms with Crippen LogP contribution >= 0.6 is 23.2 Å². The molecule has 0 aliphatic heterocycles. The van der Waals surface area contributed by atoms with Gasteiger partial charge in [0.25, 0.3) is 0 Å². The molecule has 6 heteroatoms. The van der Waals surface area contributed by atoms with E-state index in [1.807, 2.05) is 28.8 Å². The third-order valence-electron chi connectivity index (χ3n) is 3.71. The lowest BCUT2D eigenvalue weighted by atomic mass is 10.1. The fraction of sp³-hybridized carbons (Fsp3) is 0.235. The van der Waals surface area contributed by atoms with Crippen LogP contribution in [0.25, 0.3) is 11.0 Å². The lowest BCUT2D eigenvalue weighted by molar-refractivity contribution is 0.173.